The number of hydrogen-bond acceptors (Lipinski definition) is 9. The molecule has 41 heavy (non-hydrogen) atoms. The lowest BCUT2D eigenvalue weighted by atomic mass is 10.0. The first-order chi connectivity index (χ1) is 20.0. The van der Waals surface area contributed by atoms with Crippen LogP contribution in [0.1, 0.15) is 74.0 Å². The number of unbranched alkanes of at least 4 members (excludes halogenated alkanes) is 3. The number of aliphatic hydroxyl groups excluding tert-OH is 1. The van der Waals surface area contributed by atoms with Crippen molar-refractivity contribution in [1.82, 2.24) is 15.4 Å². The summed E-state index contributed by atoms with van der Waals surface area (Å²) >= 11 is 1.54. The van der Waals surface area contributed by atoms with Gasteiger partial charge in [-0.2, -0.15) is 0 Å². The highest BCUT2D eigenvalue weighted by atomic mass is 32.2. The van der Waals surface area contributed by atoms with E-state index in [-0.39, 0.29) is 31.1 Å². The maximum Gasteiger partial charge on any atom is 0.243 e. The van der Waals surface area contributed by atoms with E-state index in [0.29, 0.717) is 35.9 Å². The van der Waals surface area contributed by atoms with Crippen molar-refractivity contribution in [3.05, 3.63) is 83.7 Å². The van der Waals surface area contributed by atoms with E-state index in [1.165, 1.54) is 11.8 Å². The molecule has 1 aromatic heterocycles. The minimum absolute atomic E-state index is 0.0116. The molecule has 3 aromatic rings. The second kappa shape index (κ2) is 16.2. The number of nitrogens with zero attached hydrogens (tertiary/aromatic N) is 2. The fourth-order valence-corrected chi connectivity index (χ4v) is 5.30. The zero-order valence-corrected chi connectivity index (χ0v) is 23.6. The molecule has 218 valence electrons. The molecule has 0 bridgehead atoms. The van der Waals surface area contributed by atoms with E-state index < -0.39 is 12.2 Å². The molecule has 1 saturated heterocycles. The standard InChI is InChI=1S/C30H36N4O6S/c35-19-21-8-10-22(11-9-21)26-18-25(20-41-30-31-16-5-17-32-30)39-29(40-26)23-12-14-24(15-13-23)33-27(36)6-3-1-2-4-7-28(37)34-38/h5,8-17,25-26,29,35,38H,1-4,6-7,18-20H2,(H,33,36)(H,34,37). The van der Waals surface area contributed by atoms with Gasteiger partial charge in [0.2, 0.25) is 11.8 Å². The van der Waals surface area contributed by atoms with Crippen LogP contribution in [0.3, 0.4) is 0 Å². The molecule has 11 heteroatoms. The number of rotatable bonds is 14. The summed E-state index contributed by atoms with van der Waals surface area (Å²) in [5.41, 5.74) is 5.02. The van der Waals surface area contributed by atoms with Crippen LogP contribution in [0.2, 0.25) is 0 Å². The highest BCUT2D eigenvalue weighted by molar-refractivity contribution is 7.99. The number of thioether (sulfide) groups is 1. The van der Waals surface area contributed by atoms with Gasteiger partial charge in [0, 0.05) is 48.7 Å². The fraction of sp³-hybridized carbons (Fsp3) is 0.400. The Labute approximate surface area is 243 Å². The van der Waals surface area contributed by atoms with Gasteiger partial charge >= 0.3 is 0 Å². The zero-order valence-electron chi connectivity index (χ0n) is 22.8. The molecule has 4 rings (SSSR count). The van der Waals surface area contributed by atoms with Gasteiger partial charge in [0.15, 0.2) is 11.4 Å². The quantitative estimate of drug-likeness (QED) is 0.0674. The van der Waals surface area contributed by atoms with Crippen LogP contribution in [0, 0.1) is 0 Å². The van der Waals surface area contributed by atoms with Gasteiger partial charge in [-0.1, -0.05) is 61.0 Å². The number of benzene rings is 2. The summed E-state index contributed by atoms with van der Waals surface area (Å²) in [5, 5.41) is 21.5. The number of hydroxylamine groups is 1. The number of nitrogens with one attached hydrogen (secondary N) is 2. The number of carbonyl (C=O) groups is 2. The zero-order chi connectivity index (χ0) is 28.9. The van der Waals surface area contributed by atoms with Crippen LogP contribution in [0.15, 0.2) is 72.1 Å². The molecule has 0 saturated carbocycles. The molecule has 4 N–H and O–H groups in total. The van der Waals surface area contributed by atoms with Crippen molar-refractivity contribution in [3.63, 3.8) is 0 Å². The Morgan fingerprint density at radius 1 is 0.878 bits per heavy atom. The molecule has 0 spiro atoms. The summed E-state index contributed by atoms with van der Waals surface area (Å²) in [6, 6.07) is 17.0. The minimum Gasteiger partial charge on any atom is -0.392 e. The summed E-state index contributed by atoms with van der Waals surface area (Å²) in [5.74, 6) is 0.207. The van der Waals surface area contributed by atoms with Gasteiger partial charge in [0.1, 0.15) is 0 Å². The molecule has 3 unspecified atom stereocenters. The molecule has 10 nitrogen and oxygen atoms in total. The Kier molecular flexibility index (Phi) is 12.1. The molecule has 1 fully saturated rings. The normalized spacial score (nSPS) is 18.5. The number of hydrogen-bond donors (Lipinski definition) is 4. The van der Waals surface area contributed by atoms with Crippen molar-refractivity contribution in [2.75, 3.05) is 11.1 Å². The summed E-state index contributed by atoms with van der Waals surface area (Å²) < 4.78 is 12.7. The van der Waals surface area contributed by atoms with Gasteiger partial charge in [-0.3, -0.25) is 14.8 Å². The van der Waals surface area contributed by atoms with E-state index in [0.717, 1.165) is 36.0 Å². The van der Waals surface area contributed by atoms with Crippen LogP contribution in [0.4, 0.5) is 5.69 Å². The maximum atomic E-state index is 12.4. The summed E-state index contributed by atoms with van der Waals surface area (Å²) in [6.45, 7) is -0.0116. The number of anilines is 1. The first-order valence-electron chi connectivity index (χ1n) is 13.8. The largest absolute Gasteiger partial charge is 0.392 e. The van der Waals surface area contributed by atoms with Crippen LogP contribution in [0.5, 0.6) is 0 Å². The van der Waals surface area contributed by atoms with E-state index in [2.05, 4.69) is 15.3 Å². The summed E-state index contributed by atoms with van der Waals surface area (Å²) in [7, 11) is 0. The lowest BCUT2D eigenvalue weighted by Gasteiger charge is -2.36. The predicted octanol–water partition coefficient (Wildman–Crippen LogP) is 5.09. The molecule has 1 aliphatic heterocycles. The van der Waals surface area contributed by atoms with Crippen molar-refractivity contribution in [2.24, 2.45) is 0 Å². The third kappa shape index (κ3) is 9.91. The Morgan fingerprint density at radius 3 is 2.20 bits per heavy atom. The van der Waals surface area contributed by atoms with E-state index in [9.17, 15) is 14.7 Å². The van der Waals surface area contributed by atoms with Crippen molar-refractivity contribution >= 4 is 29.3 Å². The van der Waals surface area contributed by atoms with Crippen LogP contribution in [-0.4, -0.2) is 44.0 Å². The second-order valence-electron chi connectivity index (χ2n) is 9.81. The SMILES string of the molecule is O=C(CCCCCCC(=O)Nc1ccc(C2OC(CSc3ncccn3)CC(c3ccc(CO)cc3)O2)cc1)NO. The number of carbonyl (C=O) groups excluding carboxylic acids is 2. The van der Waals surface area contributed by atoms with Crippen molar-refractivity contribution in [2.45, 2.75) is 75.2 Å². The summed E-state index contributed by atoms with van der Waals surface area (Å²) in [6.07, 6.45) is 6.94. The van der Waals surface area contributed by atoms with Crippen molar-refractivity contribution in [1.29, 1.82) is 0 Å². The smallest absolute Gasteiger partial charge is 0.243 e. The lowest BCUT2D eigenvalue weighted by Crippen LogP contribution is -2.31. The third-order valence-corrected chi connectivity index (χ3v) is 7.71. The molecule has 3 atom stereocenters. The predicted molar refractivity (Wildman–Crippen MR) is 154 cm³/mol. The monoisotopic (exact) mass is 580 g/mol. The Balaban J connectivity index is 1.33. The van der Waals surface area contributed by atoms with E-state index in [1.54, 1.807) is 23.9 Å². The first kappa shape index (κ1) is 30.6. The molecule has 1 aliphatic rings. The highest BCUT2D eigenvalue weighted by Gasteiger charge is 2.32. The molecule has 0 radical (unpaired) electrons. The fourth-order valence-electron chi connectivity index (χ4n) is 4.48. The summed E-state index contributed by atoms with van der Waals surface area (Å²) in [4.78, 5) is 32.0. The topological polar surface area (TPSA) is 143 Å². The average molecular weight is 581 g/mol. The lowest BCUT2D eigenvalue weighted by molar-refractivity contribution is -0.245. The Hall–Kier alpha value is -3.35. The van der Waals surface area contributed by atoms with Gasteiger partial charge in [-0.05, 0) is 42.2 Å². The number of amides is 2. The Morgan fingerprint density at radius 2 is 1.54 bits per heavy atom. The van der Waals surface area contributed by atoms with Gasteiger partial charge < -0.3 is 19.9 Å². The van der Waals surface area contributed by atoms with Crippen LogP contribution < -0.4 is 10.8 Å². The van der Waals surface area contributed by atoms with Crippen LogP contribution in [-0.2, 0) is 25.7 Å². The minimum atomic E-state index is -0.591. The van der Waals surface area contributed by atoms with E-state index >= 15 is 0 Å². The van der Waals surface area contributed by atoms with Gasteiger partial charge in [-0.15, -0.1) is 0 Å². The molecular formula is C30H36N4O6S. The molecule has 2 heterocycles. The number of aromatic nitrogens is 2. The van der Waals surface area contributed by atoms with Gasteiger partial charge in [-0.25, -0.2) is 15.4 Å². The highest BCUT2D eigenvalue weighted by Crippen LogP contribution is 2.39. The maximum absolute atomic E-state index is 12.4. The molecule has 2 aromatic carbocycles. The second-order valence-corrected chi connectivity index (χ2v) is 10.8. The van der Waals surface area contributed by atoms with Gasteiger partial charge in [0.05, 0.1) is 18.8 Å². The van der Waals surface area contributed by atoms with Crippen LogP contribution in [0.25, 0.3) is 0 Å². The van der Waals surface area contributed by atoms with Crippen molar-refractivity contribution < 1.29 is 29.4 Å². The molecular weight excluding hydrogens is 544 g/mol. The molecule has 0 aliphatic carbocycles. The number of aliphatic hydroxyl groups is 1. The van der Waals surface area contributed by atoms with E-state index in [1.807, 2.05) is 48.5 Å². The van der Waals surface area contributed by atoms with E-state index in [4.69, 9.17) is 14.7 Å². The third-order valence-electron chi connectivity index (χ3n) is 6.70. The average Bonchev–Trinajstić information content (AvgIpc) is 3.02. The van der Waals surface area contributed by atoms with Gasteiger partial charge in [0.25, 0.3) is 0 Å². The van der Waals surface area contributed by atoms with Crippen LogP contribution >= 0.6 is 11.8 Å². The first-order valence-corrected chi connectivity index (χ1v) is 14.8. The number of ether oxygens (including phenoxy) is 2. The Bertz CT molecular complexity index is 1230. The molecule has 2 amide bonds. The van der Waals surface area contributed by atoms with Crippen molar-refractivity contribution in [3.8, 4) is 0 Å².